The monoisotopic (exact) mass is 548 g/mol. The number of aromatic nitrogens is 4. The second-order valence-corrected chi connectivity index (χ2v) is 10.8. The van der Waals surface area contributed by atoms with Crippen LogP contribution in [0, 0.1) is 11.6 Å². The SMILES string of the molecule is CC1CN(Cc2cc(Nc3ncc4ccn(-c5cc(F)c(CN6CCOCC6)c(F)c5)c4n3)ccn2)CC(C)N1. The molecule has 0 saturated carbocycles. The van der Waals surface area contributed by atoms with E-state index in [4.69, 9.17) is 4.74 Å². The molecule has 2 saturated heterocycles. The zero-order valence-corrected chi connectivity index (χ0v) is 22.8. The van der Waals surface area contributed by atoms with Gasteiger partial charge in [0.05, 0.1) is 24.6 Å². The molecular weight excluding hydrogens is 514 g/mol. The van der Waals surface area contributed by atoms with E-state index in [2.05, 4.69) is 44.3 Å². The van der Waals surface area contributed by atoms with Crippen molar-refractivity contribution in [2.45, 2.75) is 39.0 Å². The van der Waals surface area contributed by atoms with E-state index < -0.39 is 11.6 Å². The van der Waals surface area contributed by atoms with Crippen LogP contribution in [0.25, 0.3) is 16.7 Å². The summed E-state index contributed by atoms with van der Waals surface area (Å²) >= 11 is 0. The van der Waals surface area contributed by atoms with E-state index in [1.807, 2.05) is 23.1 Å². The number of rotatable bonds is 7. The molecule has 1 aromatic carbocycles. The molecule has 0 aliphatic carbocycles. The summed E-state index contributed by atoms with van der Waals surface area (Å²) in [5, 5.41) is 7.58. The number of hydrogen-bond donors (Lipinski definition) is 2. The lowest BCUT2D eigenvalue weighted by atomic mass is 10.1. The van der Waals surface area contributed by atoms with Gasteiger partial charge in [-0.25, -0.2) is 13.8 Å². The van der Waals surface area contributed by atoms with Gasteiger partial charge in [-0.05, 0) is 44.2 Å². The Hall–Kier alpha value is -3.51. The Morgan fingerprint density at radius 1 is 0.975 bits per heavy atom. The number of ether oxygens (including phenoxy) is 1. The number of anilines is 2. The van der Waals surface area contributed by atoms with Crippen LogP contribution in [-0.4, -0.2) is 80.8 Å². The lowest BCUT2D eigenvalue weighted by molar-refractivity contribution is 0.0332. The summed E-state index contributed by atoms with van der Waals surface area (Å²) in [5.41, 5.74) is 2.76. The largest absolute Gasteiger partial charge is 0.379 e. The third-order valence-electron chi connectivity index (χ3n) is 7.41. The summed E-state index contributed by atoms with van der Waals surface area (Å²) in [4.78, 5) is 18.1. The first-order valence-corrected chi connectivity index (χ1v) is 13.7. The summed E-state index contributed by atoms with van der Waals surface area (Å²) in [5.74, 6) is -0.763. The van der Waals surface area contributed by atoms with Crippen LogP contribution in [0.15, 0.2) is 48.9 Å². The quantitative estimate of drug-likeness (QED) is 0.361. The predicted molar refractivity (Wildman–Crippen MR) is 150 cm³/mol. The molecule has 0 bridgehead atoms. The number of halogens is 2. The molecular formula is C29H34F2N8O. The van der Waals surface area contributed by atoms with Gasteiger partial charge in [0.15, 0.2) is 0 Å². The van der Waals surface area contributed by atoms with Crippen molar-refractivity contribution in [1.82, 2.24) is 34.6 Å². The minimum absolute atomic E-state index is 0.0670. The molecule has 2 N–H and O–H groups in total. The first-order chi connectivity index (χ1) is 19.4. The topological polar surface area (TPSA) is 83.4 Å². The fraction of sp³-hybridized carbons (Fsp3) is 0.414. The molecule has 9 nitrogen and oxygen atoms in total. The highest BCUT2D eigenvalue weighted by molar-refractivity contribution is 5.78. The molecule has 2 aliphatic rings. The first kappa shape index (κ1) is 26.7. The lowest BCUT2D eigenvalue weighted by Crippen LogP contribution is -2.53. The number of fused-ring (bicyclic) bond motifs is 1. The van der Waals surface area contributed by atoms with Crippen LogP contribution in [0.3, 0.4) is 0 Å². The van der Waals surface area contributed by atoms with Crippen molar-refractivity contribution in [3.8, 4) is 5.69 Å². The van der Waals surface area contributed by atoms with Gasteiger partial charge in [-0.3, -0.25) is 14.8 Å². The van der Waals surface area contributed by atoms with Crippen LogP contribution in [0.1, 0.15) is 25.1 Å². The molecule has 0 spiro atoms. The zero-order valence-electron chi connectivity index (χ0n) is 22.8. The van der Waals surface area contributed by atoms with Crippen LogP contribution in [0.5, 0.6) is 0 Å². The van der Waals surface area contributed by atoms with Crippen LogP contribution in [-0.2, 0) is 17.8 Å². The standard InChI is InChI=1S/C29H34F2N8O/c1-19-15-38(16-20(2)34-19)17-23-11-22(3-5-32-23)35-29-33-14-21-4-6-39(28(21)36-29)24-12-26(30)25(27(31)13-24)18-37-7-9-40-10-8-37/h3-6,11-14,19-20,34H,7-10,15-18H2,1-2H3,(H,32,33,35,36). The number of piperazine rings is 1. The van der Waals surface area contributed by atoms with E-state index in [1.165, 1.54) is 12.1 Å². The average Bonchev–Trinajstić information content (AvgIpc) is 3.34. The molecule has 6 rings (SSSR count). The van der Waals surface area contributed by atoms with Gasteiger partial charge < -0.3 is 19.9 Å². The third kappa shape index (κ3) is 5.97. The molecule has 2 atom stereocenters. The van der Waals surface area contributed by atoms with E-state index in [-0.39, 0.29) is 12.1 Å². The minimum Gasteiger partial charge on any atom is -0.379 e. The van der Waals surface area contributed by atoms with Crippen molar-refractivity contribution in [2.24, 2.45) is 0 Å². The fourth-order valence-corrected chi connectivity index (χ4v) is 5.62. The minimum atomic E-state index is -0.576. The van der Waals surface area contributed by atoms with Crippen molar-refractivity contribution in [2.75, 3.05) is 44.7 Å². The Kier molecular flexibility index (Phi) is 7.70. The first-order valence-electron chi connectivity index (χ1n) is 13.7. The van der Waals surface area contributed by atoms with Crippen LogP contribution in [0.2, 0.25) is 0 Å². The molecule has 210 valence electrons. The average molecular weight is 549 g/mol. The van der Waals surface area contributed by atoms with Crippen LogP contribution >= 0.6 is 0 Å². The highest BCUT2D eigenvalue weighted by Crippen LogP contribution is 2.25. The van der Waals surface area contributed by atoms with Gasteiger partial charge in [0.1, 0.15) is 17.3 Å². The summed E-state index contributed by atoms with van der Waals surface area (Å²) in [6.07, 6.45) is 5.23. The van der Waals surface area contributed by atoms with Crippen molar-refractivity contribution in [3.05, 3.63) is 71.8 Å². The Balaban J connectivity index is 1.21. The van der Waals surface area contributed by atoms with E-state index in [0.717, 1.165) is 36.4 Å². The summed E-state index contributed by atoms with van der Waals surface area (Å²) in [6, 6.07) is 9.30. The van der Waals surface area contributed by atoms with E-state index in [0.29, 0.717) is 55.7 Å². The van der Waals surface area contributed by atoms with Gasteiger partial charge in [-0.1, -0.05) is 0 Å². The molecule has 2 fully saturated rings. The summed E-state index contributed by atoms with van der Waals surface area (Å²) < 4.78 is 37.2. The Labute approximate surface area is 232 Å². The molecule has 2 unspecified atom stereocenters. The molecule has 2 aliphatic heterocycles. The third-order valence-corrected chi connectivity index (χ3v) is 7.41. The van der Waals surface area contributed by atoms with Crippen LogP contribution in [0.4, 0.5) is 20.4 Å². The highest BCUT2D eigenvalue weighted by atomic mass is 19.1. The molecule has 4 aromatic rings. The lowest BCUT2D eigenvalue weighted by Gasteiger charge is -2.35. The second-order valence-electron chi connectivity index (χ2n) is 10.8. The molecule has 11 heteroatoms. The Morgan fingerprint density at radius 3 is 2.48 bits per heavy atom. The number of nitrogens with zero attached hydrogens (tertiary/aromatic N) is 6. The summed E-state index contributed by atoms with van der Waals surface area (Å²) in [7, 11) is 0. The van der Waals surface area contributed by atoms with Crippen molar-refractivity contribution in [1.29, 1.82) is 0 Å². The predicted octanol–water partition coefficient (Wildman–Crippen LogP) is 3.85. The zero-order chi connectivity index (χ0) is 27.6. The summed E-state index contributed by atoms with van der Waals surface area (Å²) in [6.45, 7) is 9.75. The number of hydrogen-bond acceptors (Lipinski definition) is 8. The van der Waals surface area contributed by atoms with E-state index >= 15 is 8.78 Å². The van der Waals surface area contributed by atoms with Crippen molar-refractivity contribution in [3.63, 3.8) is 0 Å². The second kappa shape index (κ2) is 11.5. The number of morpholine rings is 1. The van der Waals surface area contributed by atoms with Crippen molar-refractivity contribution < 1.29 is 13.5 Å². The number of nitrogens with one attached hydrogen (secondary N) is 2. The van der Waals surface area contributed by atoms with Gasteiger partial charge in [0.25, 0.3) is 0 Å². The Morgan fingerprint density at radius 2 is 1.73 bits per heavy atom. The smallest absolute Gasteiger partial charge is 0.229 e. The van der Waals surface area contributed by atoms with Gasteiger partial charge in [0, 0.05) is 86.6 Å². The van der Waals surface area contributed by atoms with Gasteiger partial charge in [0.2, 0.25) is 5.95 Å². The van der Waals surface area contributed by atoms with Gasteiger partial charge in [-0.2, -0.15) is 4.98 Å². The number of benzene rings is 1. The molecule has 0 amide bonds. The molecule has 5 heterocycles. The number of pyridine rings is 1. The normalized spacial score (nSPS) is 20.7. The van der Waals surface area contributed by atoms with E-state index in [1.54, 1.807) is 23.2 Å². The van der Waals surface area contributed by atoms with Gasteiger partial charge in [-0.15, -0.1) is 0 Å². The maximum atomic E-state index is 15.1. The molecule has 3 aromatic heterocycles. The molecule has 0 radical (unpaired) electrons. The molecule has 40 heavy (non-hydrogen) atoms. The Bertz CT molecular complexity index is 1460. The van der Waals surface area contributed by atoms with Crippen molar-refractivity contribution >= 4 is 22.7 Å². The maximum Gasteiger partial charge on any atom is 0.229 e. The van der Waals surface area contributed by atoms with Crippen LogP contribution < -0.4 is 10.6 Å². The fourth-order valence-electron chi connectivity index (χ4n) is 5.62. The maximum absolute atomic E-state index is 15.1. The van der Waals surface area contributed by atoms with E-state index in [9.17, 15) is 0 Å². The highest BCUT2D eigenvalue weighted by Gasteiger charge is 2.22. The van der Waals surface area contributed by atoms with Gasteiger partial charge >= 0.3 is 0 Å².